The molecule has 0 amide bonds. The summed E-state index contributed by atoms with van der Waals surface area (Å²) in [7, 11) is 0. The van der Waals surface area contributed by atoms with Gasteiger partial charge in [0.2, 0.25) is 0 Å². The highest BCUT2D eigenvalue weighted by molar-refractivity contribution is 6.30. The highest BCUT2D eigenvalue weighted by Crippen LogP contribution is 2.21. The van der Waals surface area contributed by atoms with E-state index in [9.17, 15) is 0 Å². The zero-order valence-electron chi connectivity index (χ0n) is 11.1. The van der Waals surface area contributed by atoms with Gasteiger partial charge in [-0.05, 0) is 25.3 Å². The second kappa shape index (κ2) is 6.55. The average Bonchev–Trinajstić information content (AvgIpc) is 2.89. The van der Waals surface area contributed by atoms with E-state index in [1.54, 1.807) is 6.20 Å². The van der Waals surface area contributed by atoms with Crippen LogP contribution in [-0.4, -0.2) is 35.1 Å². The summed E-state index contributed by atoms with van der Waals surface area (Å²) in [4.78, 5) is 0. The van der Waals surface area contributed by atoms with Crippen molar-refractivity contribution >= 4 is 11.6 Å². The Bertz CT molecular complexity index is 367. The second-order valence-corrected chi connectivity index (χ2v) is 5.83. The lowest BCUT2D eigenvalue weighted by molar-refractivity contribution is 0.0340. The molecule has 1 aromatic heterocycles. The summed E-state index contributed by atoms with van der Waals surface area (Å²) in [5, 5.41) is 8.31. The molecule has 1 N–H and O–H groups in total. The first-order valence-corrected chi connectivity index (χ1v) is 7.05. The van der Waals surface area contributed by atoms with Crippen LogP contribution in [0, 0.1) is 5.92 Å². The second-order valence-electron chi connectivity index (χ2n) is 5.39. The van der Waals surface area contributed by atoms with Crippen molar-refractivity contribution < 1.29 is 4.74 Å². The van der Waals surface area contributed by atoms with E-state index in [0.29, 0.717) is 17.0 Å². The Morgan fingerprint density at radius 1 is 1.50 bits per heavy atom. The molecule has 5 heteroatoms. The van der Waals surface area contributed by atoms with Crippen LogP contribution in [0.25, 0.3) is 0 Å². The van der Waals surface area contributed by atoms with Crippen LogP contribution in [0.15, 0.2) is 12.4 Å². The first-order chi connectivity index (χ1) is 8.63. The molecule has 1 aliphatic heterocycles. The van der Waals surface area contributed by atoms with Crippen LogP contribution >= 0.6 is 11.6 Å². The van der Waals surface area contributed by atoms with Crippen molar-refractivity contribution in [1.29, 1.82) is 0 Å². The molecule has 1 fully saturated rings. The number of nitrogens with one attached hydrogen (secondary N) is 1. The maximum atomic E-state index is 5.99. The lowest BCUT2D eigenvalue weighted by Crippen LogP contribution is -2.30. The van der Waals surface area contributed by atoms with Crippen LogP contribution in [-0.2, 0) is 11.3 Å². The lowest BCUT2D eigenvalue weighted by atomic mass is 10.2. The van der Waals surface area contributed by atoms with Crippen molar-refractivity contribution in [2.45, 2.75) is 45.4 Å². The Labute approximate surface area is 114 Å². The summed E-state index contributed by atoms with van der Waals surface area (Å²) in [6.45, 7) is 7.24. The van der Waals surface area contributed by atoms with Gasteiger partial charge in [0, 0.05) is 12.7 Å². The summed E-state index contributed by atoms with van der Waals surface area (Å²) >= 11 is 5.84. The minimum Gasteiger partial charge on any atom is -0.372 e. The zero-order valence-corrected chi connectivity index (χ0v) is 11.9. The van der Waals surface area contributed by atoms with Crippen molar-refractivity contribution in [2.24, 2.45) is 5.92 Å². The molecule has 0 aliphatic carbocycles. The highest BCUT2D eigenvalue weighted by Gasteiger charge is 2.25. The Balaban J connectivity index is 1.68. The Morgan fingerprint density at radius 3 is 2.94 bits per heavy atom. The van der Waals surface area contributed by atoms with E-state index in [2.05, 4.69) is 24.3 Å². The van der Waals surface area contributed by atoms with Gasteiger partial charge >= 0.3 is 0 Å². The predicted octanol–water partition coefficient (Wildman–Crippen LogP) is 2.33. The number of aromatic nitrogens is 2. The number of hydrogen-bond acceptors (Lipinski definition) is 3. The van der Waals surface area contributed by atoms with Crippen molar-refractivity contribution in [2.75, 3.05) is 13.1 Å². The summed E-state index contributed by atoms with van der Waals surface area (Å²) in [5.74, 6) is 0.688. The summed E-state index contributed by atoms with van der Waals surface area (Å²) in [5.41, 5.74) is 0. The summed E-state index contributed by atoms with van der Waals surface area (Å²) < 4.78 is 7.85. The van der Waals surface area contributed by atoms with Crippen LogP contribution in [0.1, 0.15) is 26.7 Å². The molecule has 0 aromatic carbocycles. The maximum Gasteiger partial charge on any atom is 0.0785 e. The smallest absolute Gasteiger partial charge is 0.0785 e. The largest absolute Gasteiger partial charge is 0.372 e. The van der Waals surface area contributed by atoms with E-state index in [4.69, 9.17) is 16.3 Å². The molecule has 4 nitrogen and oxygen atoms in total. The minimum absolute atomic E-state index is 0.270. The SMILES string of the molecule is CC(C)CNCC1CCC(Cn2cc(Cl)cn2)O1. The van der Waals surface area contributed by atoms with Gasteiger partial charge < -0.3 is 10.1 Å². The molecule has 0 spiro atoms. The molecule has 2 atom stereocenters. The molecular weight excluding hydrogens is 250 g/mol. The topological polar surface area (TPSA) is 39.1 Å². The Kier molecular flexibility index (Phi) is 5.03. The van der Waals surface area contributed by atoms with E-state index < -0.39 is 0 Å². The van der Waals surface area contributed by atoms with Crippen molar-refractivity contribution in [3.63, 3.8) is 0 Å². The van der Waals surface area contributed by atoms with Gasteiger partial charge in [0.15, 0.2) is 0 Å². The Morgan fingerprint density at radius 2 is 2.28 bits per heavy atom. The summed E-state index contributed by atoms with van der Waals surface area (Å²) in [6, 6.07) is 0. The molecule has 18 heavy (non-hydrogen) atoms. The molecule has 0 saturated carbocycles. The van der Waals surface area contributed by atoms with E-state index in [0.717, 1.165) is 32.5 Å². The van der Waals surface area contributed by atoms with Crippen LogP contribution < -0.4 is 5.32 Å². The van der Waals surface area contributed by atoms with Crippen LogP contribution in [0.3, 0.4) is 0 Å². The molecule has 2 heterocycles. The monoisotopic (exact) mass is 271 g/mol. The molecule has 1 aliphatic rings. The van der Waals surface area contributed by atoms with Gasteiger partial charge in [-0.2, -0.15) is 5.10 Å². The number of halogens is 1. The van der Waals surface area contributed by atoms with Gasteiger partial charge in [-0.15, -0.1) is 0 Å². The molecule has 2 rings (SSSR count). The van der Waals surface area contributed by atoms with Crippen molar-refractivity contribution in [3.05, 3.63) is 17.4 Å². The quantitative estimate of drug-likeness (QED) is 0.863. The van der Waals surface area contributed by atoms with Crippen molar-refractivity contribution in [1.82, 2.24) is 15.1 Å². The standard InChI is InChI=1S/C13H22ClN3O/c1-10(2)5-15-7-12-3-4-13(18-12)9-17-8-11(14)6-16-17/h6,8,10,12-13,15H,3-5,7,9H2,1-2H3. The van der Waals surface area contributed by atoms with Gasteiger partial charge in [-0.1, -0.05) is 25.4 Å². The molecule has 0 bridgehead atoms. The first-order valence-electron chi connectivity index (χ1n) is 6.67. The lowest BCUT2D eigenvalue weighted by Gasteiger charge is -2.15. The average molecular weight is 272 g/mol. The third kappa shape index (κ3) is 4.26. The molecule has 1 aromatic rings. The normalized spacial score (nSPS) is 24.0. The fourth-order valence-corrected chi connectivity index (χ4v) is 2.40. The highest BCUT2D eigenvalue weighted by atomic mass is 35.5. The van der Waals surface area contributed by atoms with Gasteiger partial charge in [-0.3, -0.25) is 4.68 Å². The van der Waals surface area contributed by atoms with Crippen LogP contribution in [0.4, 0.5) is 0 Å². The fraction of sp³-hybridized carbons (Fsp3) is 0.769. The third-order valence-electron chi connectivity index (χ3n) is 3.11. The van der Waals surface area contributed by atoms with Crippen molar-refractivity contribution in [3.8, 4) is 0 Å². The van der Waals surface area contributed by atoms with Crippen LogP contribution in [0.2, 0.25) is 5.02 Å². The van der Waals surface area contributed by atoms with E-state index in [1.807, 2.05) is 10.9 Å². The van der Waals surface area contributed by atoms with Gasteiger partial charge in [0.25, 0.3) is 0 Å². The predicted molar refractivity (Wildman–Crippen MR) is 72.8 cm³/mol. The molecule has 2 unspecified atom stereocenters. The fourth-order valence-electron chi connectivity index (χ4n) is 2.24. The molecule has 1 saturated heterocycles. The maximum absolute atomic E-state index is 5.99. The zero-order chi connectivity index (χ0) is 13.0. The molecule has 0 radical (unpaired) electrons. The number of nitrogens with zero attached hydrogens (tertiary/aromatic N) is 2. The van der Waals surface area contributed by atoms with Crippen LogP contribution in [0.5, 0.6) is 0 Å². The van der Waals surface area contributed by atoms with Gasteiger partial charge in [0.05, 0.1) is 30.0 Å². The first kappa shape index (κ1) is 13.8. The number of ether oxygens (including phenoxy) is 1. The minimum atomic E-state index is 0.270. The Hall–Kier alpha value is -0.580. The third-order valence-corrected chi connectivity index (χ3v) is 3.31. The van der Waals surface area contributed by atoms with E-state index in [-0.39, 0.29) is 6.10 Å². The van der Waals surface area contributed by atoms with E-state index in [1.165, 1.54) is 0 Å². The molecular formula is C13H22ClN3O. The molecule has 102 valence electrons. The van der Waals surface area contributed by atoms with Gasteiger partial charge in [-0.25, -0.2) is 0 Å². The summed E-state index contributed by atoms with van der Waals surface area (Å²) in [6.07, 6.45) is 6.36. The number of rotatable bonds is 6. The number of hydrogen-bond donors (Lipinski definition) is 1. The van der Waals surface area contributed by atoms with E-state index >= 15 is 0 Å². The van der Waals surface area contributed by atoms with Gasteiger partial charge in [0.1, 0.15) is 0 Å².